The molecule has 0 aliphatic carbocycles. The molecule has 0 bridgehead atoms. The molecule has 5 nitrogen and oxygen atoms in total. The van der Waals surface area contributed by atoms with Crippen LogP contribution < -0.4 is 5.32 Å². The topological polar surface area (TPSA) is 66.5 Å². The van der Waals surface area contributed by atoms with Gasteiger partial charge in [-0.05, 0) is 49.1 Å². The van der Waals surface area contributed by atoms with E-state index in [2.05, 4.69) is 5.32 Å². The molecular formula is C21H23F3N2O3S. The van der Waals surface area contributed by atoms with Gasteiger partial charge in [0.05, 0.1) is 16.9 Å². The maximum atomic E-state index is 12.9. The van der Waals surface area contributed by atoms with Crippen LogP contribution in [0.2, 0.25) is 0 Å². The number of carbonyl (C=O) groups is 1. The Bertz CT molecular complexity index is 1030. The molecule has 1 aliphatic rings. The van der Waals surface area contributed by atoms with Crippen LogP contribution in [0.1, 0.15) is 36.0 Å². The lowest BCUT2D eigenvalue weighted by atomic mass is 10.1. The van der Waals surface area contributed by atoms with Gasteiger partial charge in [-0.3, -0.25) is 4.79 Å². The molecule has 1 aliphatic heterocycles. The standard InChI is InChI=1S/C21H23F3N2O3S/c1-15-8-9-18(30(28,29)26-10-3-2-4-11-26)14-19(15)25-20(27)13-16-6-5-7-17(12-16)21(22,23)24/h5-9,12,14H,2-4,10-11,13H2,1H3,(H,25,27). The number of rotatable bonds is 5. The molecule has 3 rings (SSSR count). The number of amides is 1. The third-order valence-electron chi connectivity index (χ3n) is 5.05. The van der Waals surface area contributed by atoms with Crippen molar-refractivity contribution in [2.75, 3.05) is 18.4 Å². The molecule has 1 N–H and O–H groups in total. The normalized spacial score (nSPS) is 15.7. The van der Waals surface area contributed by atoms with Crippen molar-refractivity contribution < 1.29 is 26.4 Å². The third kappa shape index (κ3) is 5.20. The fourth-order valence-electron chi connectivity index (χ4n) is 3.39. The minimum atomic E-state index is -4.49. The van der Waals surface area contributed by atoms with Crippen LogP contribution in [0.25, 0.3) is 0 Å². The molecule has 2 aromatic rings. The van der Waals surface area contributed by atoms with Gasteiger partial charge in [0.1, 0.15) is 0 Å². The quantitative estimate of drug-likeness (QED) is 0.751. The van der Waals surface area contributed by atoms with E-state index in [0.717, 1.165) is 31.4 Å². The second-order valence-corrected chi connectivity index (χ2v) is 9.30. The summed E-state index contributed by atoms with van der Waals surface area (Å²) in [6.45, 7) is 2.65. The van der Waals surface area contributed by atoms with Crippen molar-refractivity contribution in [3.8, 4) is 0 Å². The van der Waals surface area contributed by atoms with E-state index in [4.69, 9.17) is 0 Å². The number of sulfonamides is 1. The second kappa shape index (κ2) is 8.77. The fraction of sp³-hybridized carbons (Fsp3) is 0.381. The molecule has 1 amide bonds. The van der Waals surface area contributed by atoms with Crippen molar-refractivity contribution in [2.24, 2.45) is 0 Å². The Morgan fingerprint density at radius 2 is 1.77 bits per heavy atom. The van der Waals surface area contributed by atoms with Gasteiger partial charge in [-0.2, -0.15) is 17.5 Å². The minimum absolute atomic E-state index is 0.0874. The van der Waals surface area contributed by atoms with Crippen molar-refractivity contribution in [1.82, 2.24) is 4.31 Å². The lowest BCUT2D eigenvalue weighted by Gasteiger charge is -2.26. The highest BCUT2D eigenvalue weighted by Gasteiger charge is 2.30. The number of halogens is 3. The first-order valence-electron chi connectivity index (χ1n) is 9.64. The summed E-state index contributed by atoms with van der Waals surface area (Å²) >= 11 is 0. The van der Waals surface area contributed by atoms with E-state index in [1.807, 2.05) is 0 Å². The van der Waals surface area contributed by atoms with Crippen LogP contribution in [0.4, 0.5) is 18.9 Å². The average molecular weight is 440 g/mol. The van der Waals surface area contributed by atoms with Crippen LogP contribution in [0, 0.1) is 6.92 Å². The molecule has 162 valence electrons. The van der Waals surface area contributed by atoms with Gasteiger partial charge >= 0.3 is 6.18 Å². The summed E-state index contributed by atoms with van der Waals surface area (Å²) < 4.78 is 65.7. The summed E-state index contributed by atoms with van der Waals surface area (Å²) in [5, 5.41) is 2.63. The predicted molar refractivity (Wildman–Crippen MR) is 108 cm³/mol. The number of nitrogens with zero attached hydrogens (tertiary/aromatic N) is 1. The summed E-state index contributed by atoms with van der Waals surface area (Å²) in [4.78, 5) is 12.5. The monoisotopic (exact) mass is 440 g/mol. The molecule has 0 unspecified atom stereocenters. The van der Waals surface area contributed by atoms with Crippen LogP contribution in [0.15, 0.2) is 47.4 Å². The first-order valence-corrected chi connectivity index (χ1v) is 11.1. The maximum Gasteiger partial charge on any atom is 0.416 e. The zero-order valence-electron chi connectivity index (χ0n) is 16.5. The van der Waals surface area contributed by atoms with Gasteiger partial charge in [0.25, 0.3) is 0 Å². The van der Waals surface area contributed by atoms with Crippen molar-refractivity contribution in [1.29, 1.82) is 0 Å². The Labute approximate surface area is 173 Å². The van der Waals surface area contributed by atoms with Crippen LogP contribution in [0.3, 0.4) is 0 Å². The Balaban J connectivity index is 1.77. The summed E-state index contributed by atoms with van der Waals surface area (Å²) in [6, 6.07) is 9.09. The fourth-order valence-corrected chi connectivity index (χ4v) is 4.93. The van der Waals surface area contributed by atoms with Crippen molar-refractivity contribution in [2.45, 2.75) is 43.7 Å². The van der Waals surface area contributed by atoms with Gasteiger partial charge in [-0.25, -0.2) is 8.42 Å². The Morgan fingerprint density at radius 3 is 2.43 bits per heavy atom. The van der Waals surface area contributed by atoms with E-state index >= 15 is 0 Å². The Morgan fingerprint density at radius 1 is 1.07 bits per heavy atom. The molecule has 0 saturated carbocycles. The average Bonchev–Trinajstić information content (AvgIpc) is 2.69. The van der Waals surface area contributed by atoms with Gasteiger partial charge in [0.2, 0.25) is 15.9 Å². The van der Waals surface area contributed by atoms with E-state index < -0.39 is 27.7 Å². The summed E-state index contributed by atoms with van der Waals surface area (Å²) in [6.07, 6.45) is -2.12. The first-order chi connectivity index (χ1) is 14.1. The van der Waals surface area contributed by atoms with E-state index in [1.165, 1.54) is 28.6 Å². The third-order valence-corrected chi connectivity index (χ3v) is 6.95. The van der Waals surface area contributed by atoms with Crippen LogP contribution in [-0.4, -0.2) is 31.7 Å². The number of piperidine rings is 1. The predicted octanol–water partition coefficient (Wildman–Crippen LogP) is 4.37. The number of anilines is 1. The summed E-state index contributed by atoms with van der Waals surface area (Å²) in [5.41, 5.74) is 0.380. The molecular weight excluding hydrogens is 417 g/mol. The maximum absolute atomic E-state index is 12.9. The number of hydrogen-bond acceptors (Lipinski definition) is 3. The van der Waals surface area contributed by atoms with Crippen molar-refractivity contribution >= 4 is 21.6 Å². The van der Waals surface area contributed by atoms with E-state index in [-0.39, 0.29) is 16.9 Å². The van der Waals surface area contributed by atoms with Crippen LogP contribution in [-0.2, 0) is 27.4 Å². The Kier molecular flexibility index (Phi) is 6.52. The molecule has 0 radical (unpaired) electrons. The second-order valence-electron chi connectivity index (χ2n) is 7.36. The number of benzene rings is 2. The van der Waals surface area contributed by atoms with Crippen molar-refractivity contribution in [3.05, 3.63) is 59.2 Å². The number of aryl methyl sites for hydroxylation is 1. The first kappa shape index (κ1) is 22.3. The van der Waals surface area contributed by atoms with E-state index in [9.17, 15) is 26.4 Å². The molecule has 0 atom stereocenters. The van der Waals surface area contributed by atoms with Gasteiger partial charge in [-0.1, -0.05) is 30.7 Å². The zero-order valence-corrected chi connectivity index (χ0v) is 17.3. The molecule has 0 spiro atoms. The van der Waals surface area contributed by atoms with Gasteiger partial charge in [0.15, 0.2) is 0 Å². The van der Waals surface area contributed by atoms with Gasteiger partial charge < -0.3 is 5.32 Å². The van der Waals surface area contributed by atoms with Crippen LogP contribution in [0.5, 0.6) is 0 Å². The highest BCUT2D eigenvalue weighted by atomic mass is 32.2. The number of alkyl halides is 3. The molecule has 30 heavy (non-hydrogen) atoms. The highest BCUT2D eigenvalue weighted by Crippen LogP contribution is 2.30. The zero-order chi connectivity index (χ0) is 21.9. The number of carbonyl (C=O) groups excluding carboxylic acids is 1. The van der Waals surface area contributed by atoms with E-state index in [1.54, 1.807) is 13.0 Å². The SMILES string of the molecule is Cc1ccc(S(=O)(=O)N2CCCCC2)cc1NC(=O)Cc1cccc(C(F)(F)F)c1. The van der Waals surface area contributed by atoms with Gasteiger partial charge in [0, 0.05) is 18.8 Å². The smallest absolute Gasteiger partial charge is 0.326 e. The lowest BCUT2D eigenvalue weighted by molar-refractivity contribution is -0.137. The Hall–Kier alpha value is -2.39. The van der Waals surface area contributed by atoms with Crippen LogP contribution >= 0.6 is 0 Å². The molecule has 1 heterocycles. The van der Waals surface area contributed by atoms with Crippen molar-refractivity contribution in [3.63, 3.8) is 0 Å². The summed E-state index contributed by atoms with van der Waals surface area (Å²) in [7, 11) is -3.66. The molecule has 1 fully saturated rings. The molecule has 9 heteroatoms. The summed E-state index contributed by atoms with van der Waals surface area (Å²) in [5.74, 6) is -0.523. The highest BCUT2D eigenvalue weighted by molar-refractivity contribution is 7.89. The molecule has 2 aromatic carbocycles. The number of hydrogen-bond donors (Lipinski definition) is 1. The van der Waals surface area contributed by atoms with Gasteiger partial charge in [-0.15, -0.1) is 0 Å². The van der Waals surface area contributed by atoms with E-state index in [0.29, 0.717) is 24.3 Å². The lowest BCUT2D eigenvalue weighted by Crippen LogP contribution is -2.35. The molecule has 1 saturated heterocycles. The number of nitrogens with one attached hydrogen (secondary N) is 1. The minimum Gasteiger partial charge on any atom is -0.326 e. The largest absolute Gasteiger partial charge is 0.416 e. The molecule has 0 aromatic heterocycles.